The summed E-state index contributed by atoms with van der Waals surface area (Å²) in [6, 6.07) is 21.8. The van der Waals surface area contributed by atoms with E-state index in [1.807, 2.05) is 42.6 Å². The minimum atomic E-state index is -0.543. The number of nitrogens with one attached hydrogen (secondary N) is 2. The van der Waals surface area contributed by atoms with Crippen molar-refractivity contribution in [2.24, 2.45) is 5.10 Å². The first-order valence-electron chi connectivity index (χ1n) is 11.7. The fourth-order valence-corrected chi connectivity index (χ4v) is 4.10. The lowest BCUT2D eigenvalue weighted by Crippen LogP contribution is -2.22. The van der Waals surface area contributed by atoms with E-state index in [1.54, 1.807) is 48.7 Å². The Balaban J connectivity index is 1.36. The summed E-state index contributed by atoms with van der Waals surface area (Å²) in [5.41, 5.74) is 6.23. The van der Waals surface area contributed by atoms with E-state index in [0.29, 0.717) is 28.9 Å². The zero-order chi connectivity index (χ0) is 26.7. The van der Waals surface area contributed by atoms with Crippen molar-refractivity contribution in [3.8, 4) is 22.8 Å². The summed E-state index contributed by atoms with van der Waals surface area (Å²) < 4.78 is 16.2. The molecule has 0 fully saturated rings. The molecule has 194 valence electrons. The predicted molar refractivity (Wildman–Crippen MR) is 148 cm³/mol. The largest absolute Gasteiger partial charge is 0.490 e. The van der Waals surface area contributed by atoms with Crippen molar-refractivity contribution in [2.75, 3.05) is 31.1 Å². The fourth-order valence-electron chi connectivity index (χ4n) is 3.43. The molecule has 2 N–H and O–H groups in total. The quantitative estimate of drug-likeness (QED) is 0.150. The molecule has 4 rings (SSSR count). The molecule has 0 atom stereocenters. The molecule has 1 heterocycles. The van der Waals surface area contributed by atoms with Gasteiger partial charge in [0.1, 0.15) is 0 Å². The van der Waals surface area contributed by atoms with Crippen LogP contribution < -0.4 is 20.2 Å². The van der Waals surface area contributed by atoms with Gasteiger partial charge in [0.2, 0.25) is 5.13 Å². The van der Waals surface area contributed by atoms with E-state index in [4.69, 9.17) is 14.2 Å². The number of carbonyl (C=O) groups is 2. The van der Waals surface area contributed by atoms with Gasteiger partial charge in [-0.25, -0.2) is 9.78 Å². The first kappa shape index (κ1) is 26.4. The Morgan fingerprint density at radius 2 is 1.79 bits per heavy atom. The molecule has 0 saturated carbocycles. The monoisotopic (exact) mass is 530 g/mol. The third kappa shape index (κ3) is 6.95. The minimum absolute atomic E-state index is 0.254. The average molecular weight is 531 g/mol. The summed E-state index contributed by atoms with van der Waals surface area (Å²) in [6.07, 6.45) is 1.65. The number of ether oxygens (including phenoxy) is 3. The van der Waals surface area contributed by atoms with Gasteiger partial charge in [0.25, 0.3) is 5.91 Å². The van der Waals surface area contributed by atoms with Crippen LogP contribution in [-0.4, -0.2) is 43.4 Å². The lowest BCUT2D eigenvalue weighted by atomic mass is 10.2. The van der Waals surface area contributed by atoms with Crippen LogP contribution in [0, 0.1) is 0 Å². The number of carbonyl (C=O) groups excluding carboxylic acids is 2. The Bertz CT molecular complexity index is 1420. The summed E-state index contributed by atoms with van der Waals surface area (Å²) in [5.74, 6) is -0.101. The minimum Gasteiger partial charge on any atom is -0.490 e. The fraction of sp³-hybridized carbons (Fsp3) is 0.143. The van der Waals surface area contributed by atoms with E-state index in [0.717, 1.165) is 16.8 Å². The molecule has 0 aliphatic heterocycles. The molecule has 1 aromatic heterocycles. The molecular weight excluding hydrogens is 504 g/mol. The number of hydrogen-bond acceptors (Lipinski definition) is 9. The normalized spacial score (nSPS) is 10.7. The molecule has 0 bridgehead atoms. The number of amides is 1. The van der Waals surface area contributed by atoms with Crippen molar-refractivity contribution in [3.05, 3.63) is 89.3 Å². The molecule has 0 unspecified atom stereocenters. The highest BCUT2D eigenvalue weighted by Gasteiger charge is 2.14. The lowest BCUT2D eigenvalue weighted by molar-refractivity contribution is -0.118. The Hall–Kier alpha value is -4.70. The van der Waals surface area contributed by atoms with E-state index in [-0.39, 0.29) is 12.2 Å². The zero-order valence-electron chi connectivity index (χ0n) is 20.8. The van der Waals surface area contributed by atoms with Crippen molar-refractivity contribution >= 4 is 40.2 Å². The summed E-state index contributed by atoms with van der Waals surface area (Å²) in [6.45, 7) is 1.99. The molecule has 10 heteroatoms. The van der Waals surface area contributed by atoms with Crippen LogP contribution in [-0.2, 0) is 9.53 Å². The Morgan fingerprint density at radius 1 is 1.00 bits per heavy atom. The lowest BCUT2D eigenvalue weighted by Gasteiger charge is -2.13. The SMILES string of the molecule is CCOc1cc(C=NNc2nc(-c3ccccc3)cs2)ccc1OCC(=O)Nc1ccccc1C(=O)OC. The van der Waals surface area contributed by atoms with Crippen LogP contribution in [0.4, 0.5) is 10.8 Å². The highest BCUT2D eigenvalue weighted by molar-refractivity contribution is 7.14. The number of aromatic nitrogens is 1. The number of para-hydroxylation sites is 1. The van der Waals surface area contributed by atoms with Crippen LogP contribution in [0.3, 0.4) is 0 Å². The number of benzene rings is 3. The molecule has 9 nitrogen and oxygen atoms in total. The van der Waals surface area contributed by atoms with Crippen molar-refractivity contribution in [1.29, 1.82) is 0 Å². The van der Waals surface area contributed by atoms with Gasteiger partial charge in [-0.05, 0) is 42.8 Å². The average Bonchev–Trinajstić information content (AvgIpc) is 3.42. The first-order valence-corrected chi connectivity index (χ1v) is 12.6. The van der Waals surface area contributed by atoms with Crippen LogP contribution in [0.15, 0.2) is 83.3 Å². The molecular formula is C28H26N4O5S. The maximum Gasteiger partial charge on any atom is 0.339 e. The maximum absolute atomic E-state index is 12.5. The summed E-state index contributed by atoms with van der Waals surface area (Å²) in [7, 11) is 1.28. The molecule has 3 aromatic carbocycles. The third-order valence-electron chi connectivity index (χ3n) is 5.18. The first-order chi connectivity index (χ1) is 18.6. The second kappa shape index (κ2) is 13.0. The summed E-state index contributed by atoms with van der Waals surface area (Å²) in [5, 5.41) is 9.59. The van der Waals surface area contributed by atoms with Crippen LogP contribution in [0.1, 0.15) is 22.8 Å². The Labute approximate surface area is 224 Å². The molecule has 0 aliphatic carbocycles. The standard InChI is InChI=1S/C28H26N4O5S/c1-3-36-25-15-19(16-29-32-28-31-23(18-38-28)20-9-5-4-6-10-20)13-14-24(25)37-17-26(33)30-22-12-8-7-11-21(22)27(34)35-2/h4-16,18H,3,17H2,1-2H3,(H,30,33)(H,31,32). The second-order valence-corrected chi connectivity index (χ2v) is 8.65. The van der Waals surface area contributed by atoms with Gasteiger partial charge in [0.15, 0.2) is 18.1 Å². The number of thiazole rings is 1. The van der Waals surface area contributed by atoms with Crippen molar-refractivity contribution in [3.63, 3.8) is 0 Å². The Kier molecular flexibility index (Phi) is 9.03. The van der Waals surface area contributed by atoms with Gasteiger partial charge >= 0.3 is 5.97 Å². The van der Waals surface area contributed by atoms with Gasteiger partial charge in [0, 0.05) is 10.9 Å². The van der Waals surface area contributed by atoms with E-state index >= 15 is 0 Å². The molecule has 0 aliphatic rings. The second-order valence-electron chi connectivity index (χ2n) is 7.79. The van der Waals surface area contributed by atoms with Gasteiger partial charge in [-0.15, -0.1) is 11.3 Å². The number of anilines is 2. The molecule has 38 heavy (non-hydrogen) atoms. The molecule has 1 amide bonds. The van der Waals surface area contributed by atoms with Gasteiger partial charge < -0.3 is 19.5 Å². The number of rotatable bonds is 11. The predicted octanol–water partition coefficient (Wildman–Crippen LogP) is 5.46. The number of hydrazone groups is 1. The number of methoxy groups -OCH3 is 1. The topological polar surface area (TPSA) is 111 Å². The van der Waals surface area contributed by atoms with Crippen molar-refractivity contribution in [2.45, 2.75) is 6.92 Å². The number of hydrogen-bond donors (Lipinski definition) is 2. The summed E-state index contributed by atoms with van der Waals surface area (Å²) in [4.78, 5) is 29.0. The van der Waals surface area contributed by atoms with Gasteiger partial charge in [-0.1, -0.05) is 42.5 Å². The van der Waals surface area contributed by atoms with Gasteiger partial charge in [-0.3, -0.25) is 10.2 Å². The highest BCUT2D eigenvalue weighted by atomic mass is 32.1. The molecule has 0 spiro atoms. The van der Waals surface area contributed by atoms with Crippen LogP contribution in [0.25, 0.3) is 11.3 Å². The van der Waals surface area contributed by atoms with E-state index in [1.165, 1.54) is 18.4 Å². The number of nitrogens with zero attached hydrogens (tertiary/aromatic N) is 2. The molecule has 0 radical (unpaired) electrons. The van der Waals surface area contributed by atoms with Crippen LogP contribution >= 0.6 is 11.3 Å². The van der Waals surface area contributed by atoms with Crippen LogP contribution in [0.5, 0.6) is 11.5 Å². The van der Waals surface area contributed by atoms with Crippen LogP contribution in [0.2, 0.25) is 0 Å². The highest BCUT2D eigenvalue weighted by Crippen LogP contribution is 2.29. The molecule has 0 saturated heterocycles. The third-order valence-corrected chi connectivity index (χ3v) is 5.93. The van der Waals surface area contributed by atoms with Crippen molar-refractivity contribution < 1.29 is 23.8 Å². The van der Waals surface area contributed by atoms with E-state index in [9.17, 15) is 9.59 Å². The van der Waals surface area contributed by atoms with E-state index < -0.39 is 11.9 Å². The molecule has 4 aromatic rings. The number of esters is 1. The van der Waals surface area contributed by atoms with E-state index in [2.05, 4.69) is 20.8 Å². The van der Waals surface area contributed by atoms with Gasteiger partial charge in [0.05, 0.1) is 36.9 Å². The smallest absolute Gasteiger partial charge is 0.339 e. The zero-order valence-corrected chi connectivity index (χ0v) is 21.7. The Morgan fingerprint density at radius 3 is 2.58 bits per heavy atom. The maximum atomic E-state index is 12.5. The van der Waals surface area contributed by atoms with Crippen molar-refractivity contribution in [1.82, 2.24) is 4.98 Å². The summed E-state index contributed by atoms with van der Waals surface area (Å²) >= 11 is 1.46. The van der Waals surface area contributed by atoms with Gasteiger partial charge in [-0.2, -0.15) is 5.10 Å².